The minimum atomic E-state index is -0.121. The van der Waals surface area contributed by atoms with Gasteiger partial charge in [0.2, 0.25) is 5.91 Å². The van der Waals surface area contributed by atoms with E-state index in [1.54, 1.807) is 18.0 Å². The van der Waals surface area contributed by atoms with Crippen LogP contribution in [0.2, 0.25) is 0 Å². The Balaban J connectivity index is 1.79. The molecule has 1 aromatic carbocycles. The first-order chi connectivity index (χ1) is 11.0. The fourth-order valence-corrected chi connectivity index (χ4v) is 2.98. The molecule has 0 saturated heterocycles. The Morgan fingerprint density at radius 1 is 1.22 bits per heavy atom. The van der Waals surface area contributed by atoms with Gasteiger partial charge in [-0.3, -0.25) is 9.59 Å². The Labute approximate surface area is 141 Å². The van der Waals surface area contributed by atoms with Crippen molar-refractivity contribution in [2.45, 2.75) is 26.8 Å². The normalized spacial score (nSPS) is 10.4. The average Bonchev–Trinajstić information content (AvgIpc) is 3.04. The van der Waals surface area contributed by atoms with Gasteiger partial charge in [0.1, 0.15) is 0 Å². The number of nitrogens with zero attached hydrogens (tertiary/aromatic N) is 1. The average molecular weight is 330 g/mol. The molecule has 23 heavy (non-hydrogen) atoms. The van der Waals surface area contributed by atoms with Crippen molar-refractivity contribution in [2.75, 3.05) is 13.6 Å². The van der Waals surface area contributed by atoms with Crippen molar-refractivity contribution in [1.29, 1.82) is 0 Å². The summed E-state index contributed by atoms with van der Waals surface area (Å²) < 4.78 is 0. The lowest BCUT2D eigenvalue weighted by atomic mass is 10.1. The number of benzene rings is 1. The summed E-state index contributed by atoms with van der Waals surface area (Å²) in [5.74, 6) is -0.0960. The van der Waals surface area contributed by atoms with Gasteiger partial charge in [-0.2, -0.15) is 0 Å². The van der Waals surface area contributed by atoms with Gasteiger partial charge in [0, 0.05) is 26.6 Å². The highest BCUT2D eigenvalue weighted by Crippen LogP contribution is 2.13. The van der Waals surface area contributed by atoms with Crippen LogP contribution in [0.25, 0.3) is 0 Å². The maximum absolute atomic E-state index is 12.2. The molecular formula is C18H22N2O2S. The third kappa shape index (κ3) is 4.93. The molecule has 4 nitrogen and oxygen atoms in total. The molecule has 0 aliphatic carbocycles. The number of carbonyl (C=O) groups is 2. The van der Waals surface area contributed by atoms with Gasteiger partial charge in [0.25, 0.3) is 5.91 Å². The second kappa shape index (κ2) is 7.92. The summed E-state index contributed by atoms with van der Waals surface area (Å²) in [7, 11) is 1.79. The minimum absolute atomic E-state index is 0.0245. The topological polar surface area (TPSA) is 49.4 Å². The van der Waals surface area contributed by atoms with E-state index in [9.17, 15) is 9.59 Å². The van der Waals surface area contributed by atoms with Crippen molar-refractivity contribution < 1.29 is 9.59 Å². The first-order valence-corrected chi connectivity index (χ1v) is 8.47. The van der Waals surface area contributed by atoms with Crippen molar-refractivity contribution in [3.05, 3.63) is 57.3 Å². The van der Waals surface area contributed by atoms with Gasteiger partial charge in [0.15, 0.2) is 0 Å². The molecule has 0 atom stereocenters. The lowest BCUT2D eigenvalue weighted by Crippen LogP contribution is -2.31. The molecule has 0 radical (unpaired) electrons. The molecule has 0 unspecified atom stereocenters. The van der Waals surface area contributed by atoms with Crippen molar-refractivity contribution >= 4 is 23.2 Å². The Morgan fingerprint density at radius 2 is 2.00 bits per heavy atom. The molecule has 0 saturated carbocycles. The molecule has 0 aliphatic rings. The summed E-state index contributed by atoms with van der Waals surface area (Å²) in [6.07, 6.45) is 0.304. The van der Waals surface area contributed by atoms with Crippen LogP contribution in [0.1, 0.15) is 32.8 Å². The van der Waals surface area contributed by atoms with Crippen LogP contribution in [-0.4, -0.2) is 30.3 Å². The Morgan fingerprint density at radius 3 is 2.65 bits per heavy atom. The number of hydrogen-bond acceptors (Lipinski definition) is 3. The predicted octanol–water partition coefficient (Wildman–Crippen LogP) is 3.14. The first-order valence-electron chi connectivity index (χ1n) is 7.59. The summed E-state index contributed by atoms with van der Waals surface area (Å²) in [5.41, 5.74) is 3.56. The van der Waals surface area contributed by atoms with Crippen LogP contribution in [0.5, 0.6) is 0 Å². The van der Waals surface area contributed by atoms with Crippen LogP contribution >= 0.6 is 11.3 Å². The lowest BCUT2D eigenvalue weighted by molar-refractivity contribution is -0.130. The van der Waals surface area contributed by atoms with Crippen molar-refractivity contribution in [2.24, 2.45) is 0 Å². The van der Waals surface area contributed by atoms with Gasteiger partial charge < -0.3 is 10.2 Å². The zero-order valence-electron chi connectivity index (χ0n) is 13.8. The SMILES string of the molecule is Cc1ccc(CN(C)C(=O)CCNC(=O)c2cccs2)c(C)c1. The standard InChI is InChI=1S/C18H22N2O2S/c1-13-6-7-15(14(2)11-13)12-20(3)17(21)8-9-19-18(22)16-5-4-10-23-16/h4-7,10-11H,8-9,12H2,1-3H3,(H,19,22). The number of hydrogen-bond donors (Lipinski definition) is 1. The van der Waals surface area contributed by atoms with Gasteiger partial charge in [-0.25, -0.2) is 0 Å². The second-order valence-electron chi connectivity index (χ2n) is 5.66. The highest BCUT2D eigenvalue weighted by atomic mass is 32.1. The summed E-state index contributed by atoms with van der Waals surface area (Å²) in [6.45, 7) is 5.06. The van der Waals surface area contributed by atoms with E-state index in [0.29, 0.717) is 24.4 Å². The quantitative estimate of drug-likeness (QED) is 0.884. The van der Waals surface area contributed by atoms with Gasteiger partial charge in [0.05, 0.1) is 4.88 Å². The minimum Gasteiger partial charge on any atom is -0.351 e. The van der Waals surface area contributed by atoms with Crippen molar-refractivity contribution in [3.8, 4) is 0 Å². The molecule has 5 heteroatoms. The van der Waals surface area contributed by atoms with Crippen LogP contribution in [-0.2, 0) is 11.3 Å². The summed E-state index contributed by atoms with van der Waals surface area (Å²) in [6, 6.07) is 9.85. The van der Waals surface area contributed by atoms with Gasteiger partial charge in [-0.1, -0.05) is 29.8 Å². The van der Waals surface area contributed by atoms with E-state index in [0.717, 1.165) is 5.56 Å². The zero-order valence-corrected chi connectivity index (χ0v) is 14.6. The number of aryl methyl sites for hydroxylation is 2. The Hall–Kier alpha value is -2.14. The van der Waals surface area contributed by atoms with Crippen LogP contribution in [0.4, 0.5) is 0 Å². The number of carbonyl (C=O) groups excluding carboxylic acids is 2. The first kappa shape index (κ1) is 17.2. The van der Waals surface area contributed by atoms with Crippen LogP contribution in [0.3, 0.4) is 0 Å². The third-order valence-corrected chi connectivity index (χ3v) is 4.57. The number of rotatable bonds is 6. The van der Waals surface area contributed by atoms with E-state index in [4.69, 9.17) is 0 Å². The molecule has 2 aromatic rings. The maximum Gasteiger partial charge on any atom is 0.261 e. The predicted molar refractivity (Wildman–Crippen MR) is 93.7 cm³/mol. The smallest absolute Gasteiger partial charge is 0.261 e. The molecule has 122 valence electrons. The van der Waals surface area contributed by atoms with Crippen molar-refractivity contribution in [3.63, 3.8) is 0 Å². The molecule has 1 aromatic heterocycles. The lowest BCUT2D eigenvalue weighted by Gasteiger charge is -2.19. The van der Waals surface area contributed by atoms with Gasteiger partial charge in [-0.15, -0.1) is 11.3 Å². The van der Waals surface area contributed by atoms with Gasteiger partial charge in [-0.05, 0) is 36.4 Å². The molecular weight excluding hydrogens is 308 g/mol. The van der Waals surface area contributed by atoms with Crippen LogP contribution < -0.4 is 5.32 Å². The molecule has 1 heterocycles. The summed E-state index contributed by atoms with van der Waals surface area (Å²) in [4.78, 5) is 26.3. The zero-order chi connectivity index (χ0) is 16.8. The van der Waals surface area contributed by atoms with Crippen molar-refractivity contribution in [1.82, 2.24) is 10.2 Å². The summed E-state index contributed by atoms with van der Waals surface area (Å²) in [5, 5.41) is 4.64. The molecule has 0 spiro atoms. The number of nitrogens with one attached hydrogen (secondary N) is 1. The fourth-order valence-electron chi connectivity index (χ4n) is 2.34. The van der Waals surface area contributed by atoms with E-state index in [-0.39, 0.29) is 11.8 Å². The highest BCUT2D eigenvalue weighted by Gasteiger charge is 2.12. The van der Waals surface area contributed by atoms with E-state index >= 15 is 0 Å². The fraction of sp³-hybridized carbons (Fsp3) is 0.333. The molecule has 1 N–H and O–H groups in total. The highest BCUT2D eigenvalue weighted by molar-refractivity contribution is 7.12. The molecule has 0 bridgehead atoms. The summed E-state index contributed by atoms with van der Waals surface area (Å²) >= 11 is 1.39. The van der Waals surface area contributed by atoms with E-state index < -0.39 is 0 Å². The molecule has 0 aliphatic heterocycles. The van der Waals surface area contributed by atoms with E-state index in [1.807, 2.05) is 11.4 Å². The number of thiophene rings is 1. The largest absolute Gasteiger partial charge is 0.351 e. The van der Waals surface area contributed by atoms with Crippen LogP contribution in [0.15, 0.2) is 35.7 Å². The third-order valence-electron chi connectivity index (χ3n) is 3.70. The Bertz CT molecular complexity index is 680. The van der Waals surface area contributed by atoms with E-state index in [1.165, 1.54) is 22.5 Å². The second-order valence-corrected chi connectivity index (χ2v) is 6.61. The molecule has 2 rings (SSSR count). The van der Waals surface area contributed by atoms with E-state index in [2.05, 4.69) is 37.4 Å². The number of amides is 2. The van der Waals surface area contributed by atoms with Gasteiger partial charge >= 0.3 is 0 Å². The molecule has 2 amide bonds. The monoisotopic (exact) mass is 330 g/mol. The Kier molecular flexibility index (Phi) is 5.93. The molecule has 0 fully saturated rings. The maximum atomic E-state index is 12.2. The van der Waals surface area contributed by atoms with Crippen LogP contribution in [0, 0.1) is 13.8 Å².